The predicted octanol–water partition coefficient (Wildman–Crippen LogP) is 5.10. The van der Waals surface area contributed by atoms with Crippen molar-refractivity contribution in [2.75, 3.05) is 13.6 Å². The first-order valence-corrected chi connectivity index (χ1v) is 14.1. The summed E-state index contributed by atoms with van der Waals surface area (Å²) in [4.78, 5) is 27.8. The average Bonchev–Trinajstić information content (AvgIpc) is 2.87. The first-order valence-electron chi connectivity index (χ1n) is 11.9. The summed E-state index contributed by atoms with van der Waals surface area (Å²) in [5.41, 5.74) is 0.474. The van der Waals surface area contributed by atoms with E-state index in [1.54, 1.807) is 37.3 Å². The number of amides is 2. The zero-order valence-corrected chi connectivity index (χ0v) is 23.6. The smallest absolute Gasteiger partial charge is 0.243 e. The highest BCUT2D eigenvalue weighted by atomic mass is 35.5. The molecule has 0 bridgehead atoms. The molecule has 0 heterocycles. The second-order valence-corrected chi connectivity index (χ2v) is 11.8. The Bertz CT molecular complexity index is 1380. The van der Waals surface area contributed by atoms with Gasteiger partial charge in [-0.15, -0.1) is 0 Å². The lowest BCUT2D eigenvalue weighted by molar-refractivity contribution is -0.140. The van der Waals surface area contributed by atoms with Crippen LogP contribution in [0.4, 0.5) is 0 Å². The molecule has 0 saturated heterocycles. The van der Waals surface area contributed by atoms with Gasteiger partial charge in [-0.1, -0.05) is 66.5 Å². The first-order chi connectivity index (χ1) is 17.4. The van der Waals surface area contributed by atoms with E-state index in [0.717, 1.165) is 21.5 Å². The van der Waals surface area contributed by atoms with Crippen molar-refractivity contribution in [1.82, 2.24) is 14.5 Å². The van der Waals surface area contributed by atoms with Crippen LogP contribution in [0, 0.1) is 0 Å². The second-order valence-electron chi connectivity index (χ2n) is 8.99. The largest absolute Gasteiger partial charge is 0.352 e. The summed E-state index contributed by atoms with van der Waals surface area (Å²) in [7, 11) is -2.64. The van der Waals surface area contributed by atoms with Gasteiger partial charge in [0.15, 0.2) is 0 Å². The van der Waals surface area contributed by atoms with E-state index in [1.807, 2.05) is 38.1 Å². The Morgan fingerprint density at radius 2 is 1.57 bits per heavy atom. The SMILES string of the molecule is CCC(C)NC(=O)C(C)N(Cc1c(Cl)cccc1Cl)C(=O)CN(C)S(=O)(=O)c1ccc2ccccc2c1. The minimum Gasteiger partial charge on any atom is -0.352 e. The molecule has 2 unspecified atom stereocenters. The molecule has 1 N–H and O–H groups in total. The highest BCUT2D eigenvalue weighted by Gasteiger charge is 2.31. The molecular formula is C27H31Cl2N3O4S. The third-order valence-electron chi connectivity index (χ3n) is 6.35. The van der Waals surface area contributed by atoms with Gasteiger partial charge in [-0.3, -0.25) is 9.59 Å². The quantitative estimate of drug-likeness (QED) is 0.371. The Hall–Kier alpha value is -2.65. The number of hydrogen-bond donors (Lipinski definition) is 1. The topological polar surface area (TPSA) is 86.8 Å². The number of nitrogens with one attached hydrogen (secondary N) is 1. The molecule has 2 atom stereocenters. The van der Waals surface area contributed by atoms with Crippen LogP contribution in [0.3, 0.4) is 0 Å². The minimum atomic E-state index is -3.98. The number of rotatable bonds is 10. The summed E-state index contributed by atoms with van der Waals surface area (Å²) < 4.78 is 27.6. The molecule has 0 aliphatic heterocycles. The maximum Gasteiger partial charge on any atom is 0.243 e. The van der Waals surface area contributed by atoms with Gasteiger partial charge in [0.25, 0.3) is 0 Å². The van der Waals surface area contributed by atoms with Crippen molar-refractivity contribution in [3.05, 3.63) is 76.3 Å². The van der Waals surface area contributed by atoms with Gasteiger partial charge in [0.1, 0.15) is 6.04 Å². The minimum absolute atomic E-state index is 0.0592. The van der Waals surface area contributed by atoms with Gasteiger partial charge in [-0.25, -0.2) is 8.42 Å². The molecule has 10 heteroatoms. The predicted molar refractivity (Wildman–Crippen MR) is 148 cm³/mol. The van der Waals surface area contributed by atoms with Crippen molar-refractivity contribution >= 4 is 55.8 Å². The summed E-state index contributed by atoms with van der Waals surface area (Å²) in [6, 6.07) is 16.2. The number of carbonyl (C=O) groups is 2. The fourth-order valence-corrected chi connectivity index (χ4v) is 5.45. The second kappa shape index (κ2) is 12.3. The molecule has 2 amide bonds. The monoisotopic (exact) mass is 563 g/mol. The van der Waals surface area contributed by atoms with Gasteiger partial charge in [0.05, 0.1) is 11.4 Å². The third kappa shape index (κ3) is 6.82. The number of hydrogen-bond acceptors (Lipinski definition) is 4. The molecule has 7 nitrogen and oxygen atoms in total. The van der Waals surface area contributed by atoms with E-state index in [4.69, 9.17) is 23.2 Å². The van der Waals surface area contributed by atoms with Crippen LogP contribution < -0.4 is 5.32 Å². The van der Waals surface area contributed by atoms with Crippen LogP contribution in [0.25, 0.3) is 10.8 Å². The van der Waals surface area contributed by atoms with Crippen molar-refractivity contribution in [3.63, 3.8) is 0 Å². The van der Waals surface area contributed by atoms with Crippen LogP contribution in [0.2, 0.25) is 10.0 Å². The molecule has 198 valence electrons. The molecule has 3 aromatic carbocycles. The highest BCUT2D eigenvalue weighted by molar-refractivity contribution is 7.89. The van der Waals surface area contributed by atoms with E-state index in [2.05, 4.69) is 5.32 Å². The van der Waals surface area contributed by atoms with Crippen LogP contribution in [0.1, 0.15) is 32.8 Å². The molecule has 0 radical (unpaired) electrons. The van der Waals surface area contributed by atoms with Crippen molar-refractivity contribution in [2.45, 2.75) is 50.7 Å². The van der Waals surface area contributed by atoms with Crippen LogP contribution in [0.15, 0.2) is 65.6 Å². The van der Waals surface area contributed by atoms with Crippen molar-refractivity contribution < 1.29 is 18.0 Å². The molecule has 0 saturated carbocycles. The van der Waals surface area contributed by atoms with E-state index in [0.29, 0.717) is 15.6 Å². The highest BCUT2D eigenvalue weighted by Crippen LogP contribution is 2.27. The molecular weight excluding hydrogens is 533 g/mol. The number of likely N-dealkylation sites (N-methyl/N-ethyl adjacent to an activating group) is 1. The Labute approximate surface area is 228 Å². The zero-order valence-electron chi connectivity index (χ0n) is 21.2. The molecule has 0 aliphatic carbocycles. The summed E-state index contributed by atoms with van der Waals surface area (Å²) in [5.74, 6) is -0.916. The number of fused-ring (bicyclic) bond motifs is 1. The van der Waals surface area contributed by atoms with Gasteiger partial charge in [-0.05, 0) is 55.3 Å². The van der Waals surface area contributed by atoms with Crippen molar-refractivity contribution in [3.8, 4) is 0 Å². The Kier molecular flexibility index (Phi) is 9.58. The summed E-state index contributed by atoms with van der Waals surface area (Å²) in [5, 5.41) is 5.24. The fourth-order valence-electron chi connectivity index (χ4n) is 3.78. The van der Waals surface area contributed by atoms with Crippen LogP contribution in [-0.4, -0.2) is 55.1 Å². The number of nitrogens with zero attached hydrogens (tertiary/aromatic N) is 2. The molecule has 0 spiro atoms. The Morgan fingerprint density at radius 3 is 2.19 bits per heavy atom. The van der Waals surface area contributed by atoms with Gasteiger partial charge in [0.2, 0.25) is 21.8 Å². The van der Waals surface area contributed by atoms with E-state index >= 15 is 0 Å². The molecule has 0 aromatic heterocycles. The van der Waals surface area contributed by atoms with E-state index in [9.17, 15) is 18.0 Å². The Morgan fingerprint density at radius 1 is 0.946 bits per heavy atom. The molecule has 3 aromatic rings. The zero-order chi connectivity index (χ0) is 27.3. The van der Waals surface area contributed by atoms with E-state index in [-0.39, 0.29) is 23.4 Å². The van der Waals surface area contributed by atoms with Crippen molar-refractivity contribution in [2.24, 2.45) is 0 Å². The molecule has 3 rings (SSSR count). The van der Waals surface area contributed by atoms with E-state index < -0.39 is 28.5 Å². The van der Waals surface area contributed by atoms with Gasteiger partial charge >= 0.3 is 0 Å². The number of sulfonamides is 1. The van der Waals surface area contributed by atoms with E-state index in [1.165, 1.54) is 18.0 Å². The average molecular weight is 565 g/mol. The van der Waals surface area contributed by atoms with Gasteiger partial charge in [-0.2, -0.15) is 4.31 Å². The maximum absolute atomic E-state index is 13.5. The van der Waals surface area contributed by atoms with Crippen LogP contribution in [-0.2, 0) is 26.2 Å². The number of carbonyl (C=O) groups excluding carboxylic acids is 2. The van der Waals surface area contributed by atoms with Crippen molar-refractivity contribution in [1.29, 1.82) is 0 Å². The summed E-state index contributed by atoms with van der Waals surface area (Å²) >= 11 is 12.7. The molecule has 37 heavy (non-hydrogen) atoms. The lowest BCUT2D eigenvalue weighted by atomic mass is 10.1. The maximum atomic E-state index is 13.5. The number of benzene rings is 3. The van der Waals surface area contributed by atoms with Crippen LogP contribution >= 0.6 is 23.2 Å². The normalized spacial score (nSPS) is 13.4. The van der Waals surface area contributed by atoms with Gasteiger partial charge < -0.3 is 10.2 Å². The summed E-state index contributed by atoms with van der Waals surface area (Å²) in [6.45, 7) is 4.87. The van der Waals surface area contributed by atoms with Gasteiger partial charge in [0, 0.05) is 35.2 Å². The summed E-state index contributed by atoms with van der Waals surface area (Å²) in [6.07, 6.45) is 0.718. The molecule has 0 aliphatic rings. The third-order valence-corrected chi connectivity index (χ3v) is 8.85. The molecule has 0 fully saturated rings. The lowest BCUT2D eigenvalue weighted by Gasteiger charge is -2.31. The number of halogens is 2. The first kappa shape index (κ1) is 28.9. The lowest BCUT2D eigenvalue weighted by Crippen LogP contribution is -2.52. The standard InChI is InChI=1S/C27H31Cl2N3O4S/c1-5-18(2)30-27(34)19(3)32(16-23-24(28)11-8-12-25(23)29)26(33)17-31(4)37(35,36)22-14-13-20-9-6-7-10-21(20)15-22/h6-15,18-19H,5,16-17H2,1-4H3,(H,30,34). The Balaban J connectivity index is 1.89. The van der Waals surface area contributed by atoms with Crippen LogP contribution in [0.5, 0.6) is 0 Å². The fraction of sp³-hybridized carbons (Fsp3) is 0.333.